The van der Waals surface area contributed by atoms with Gasteiger partial charge in [0.1, 0.15) is 12.4 Å². The molecule has 0 radical (unpaired) electrons. The van der Waals surface area contributed by atoms with Crippen molar-refractivity contribution in [2.75, 3.05) is 26.2 Å². The Morgan fingerprint density at radius 1 is 0.962 bits per heavy atom. The first-order valence-electron chi connectivity index (χ1n) is 7.78. The number of carbonyl (C=O) groups is 3. The minimum absolute atomic E-state index is 0.108. The van der Waals surface area contributed by atoms with Crippen molar-refractivity contribution >= 4 is 29.3 Å². The number of amides is 3. The normalized spacial score (nSPS) is 10.0. The molecule has 1 heterocycles. The maximum Gasteiger partial charge on any atom is 0.287 e. The van der Waals surface area contributed by atoms with Crippen molar-refractivity contribution in [3.8, 4) is 5.75 Å². The molecule has 9 heteroatoms. The Bertz CT molecular complexity index is 731. The van der Waals surface area contributed by atoms with Gasteiger partial charge >= 0.3 is 0 Å². The molecule has 1 aromatic carbocycles. The highest BCUT2D eigenvalue weighted by Crippen LogP contribution is 2.14. The summed E-state index contributed by atoms with van der Waals surface area (Å²) in [6.45, 7) is 0.107. The summed E-state index contributed by atoms with van der Waals surface area (Å²) in [5.41, 5.74) is 0. The lowest BCUT2D eigenvalue weighted by molar-refractivity contribution is -0.125. The van der Waals surface area contributed by atoms with E-state index >= 15 is 0 Å². The van der Waals surface area contributed by atoms with Gasteiger partial charge in [-0.15, -0.1) is 0 Å². The first-order valence-corrected chi connectivity index (χ1v) is 8.16. The number of halogens is 1. The molecule has 3 N–H and O–H groups in total. The second-order valence-corrected chi connectivity index (χ2v) is 5.53. The summed E-state index contributed by atoms with van der Waals surface area (Å²) in [4.78, 5) is 34.8. The van der Waals surface area contributed by atoms with Crippen molar-refractivity contribution in [1.29, 1.82) is 0 Å². The summed E-state index contributed by atoms with van der Waals surface area (Å²) in [6.07, 6.45) is 1.36. The van der Waals surface area contributed by atoms with Crippen LogP contribution in [0.5, 0.6) is 5.75 Å². The Hall–Kier alpha value is -3.00. The molecule has 0 aliphatic carbocycles. The minimum atomic E-state index is -0.506. The van der Waals surface area contributed by atoms with Crippen LogP contribution in [-0.4, -0.2) is 44.0 Å². The standard InChI is InChI=1S/C17H18ClN3O5/c18-12-3-5-13(6-4-12)25-9-7-19-15(22)10-20-16(23)11-21-17(24)14-2-1-8-26-14/h1-6,8H,7,9-11H2,(H,19,22)(H,20,23)(H,21,24). The van der Waals surface area contributed by atoms with Gasteiger partial charge in [-0.2, -0.15) is 0 Å². The quantitative estimate of drug-likeness (QED) is 0.562. The lowest BCUT2D eigenvalue weighted by Crippen LogP contribution is -2.42. The van der Waals surface area contributed by atoms with Gasteiger partial charge < -0.3 is 25.1 Å². The van der Waals surface area contributed by atoms with E-state index in [9.17, 15) is 14.4 Å². The summed E-state index contributed by atoms with van der Waals surface area (Å²) in [5.74, 6) is -0.609. The molecule has 2 rings (SSSR count). The molecule has 0 aliphatic heterocycles. The van der Waals surface area contributed by atoms with Gasteiger partial charge in [-0.25, -0.2) is 0 Å². The fourth-order valence-electron chi connectivity index (χ4n) is 1.85. The zero-order valence-corrected chi connectivity index (χ0v) is 14.5. The topological polar surface area (TPSA) is 110 Å². The monoisotopic (exact) mass is 379 g/mol. The predicted molar refractivity (Wildman–Crippen MR) is 94.0 cm³/mol. The summed E-state index contributed by atoms with van der Waals surface area (Å²) in [7, 11) is 0. The number of ether oxygens (including phenoxy) is 1. The van der Waals surface area contributed by atoms with E-state index < -0.39 is 11.8 Å². The Kier molecular flexibility index (Phi) is 7.50. The van der Waals surface area contributed by atoms with Gasteiger partial charge in [0.25, 0.3) is 5.91 Å². The van der Waals surface area contributed by atoms with E-state index in [4.69, 9.17) is 20.8 Å². The van der Waals surface area contributed by atoms with Crippen LogP contribution in [0.25, 0.3) is 0 Å². The first kappa shape index (κ1) is 19.3. The van der Waals surface area contributed by atoms with Crippen molar-refractivity contribution in [2.45, 2.75) is 0 Å². The van der Waals surface area contributed by atoms with Crippen molar-refractivity contribution in [3.05, 3.63) is 53.4 Å². The molecule has 0 saturated carbocycles. The predicted octanol–water partition coefficient (Wildman–Crippen LogP) is 0.974. The summed E-state index contributed by atoms with van der Waals surface area (Å²) in [5, 5.41) is 7.99. The molecule has 0 fully saturated rings. The van der Waals surface area contributed by atoms with Crippen LogP contribution in [-0.2, 0) is 9.59 Å². The average molecular weight is 380 g/mol. The molecular weight excluding hydrogens is 362 g/mol. The molecule has 0 atom stereocenters. The molecule has 2 aromatic rings. The smallest absolute Gasteiger partial charge is 0.287 e. The molecule has 0 spiro atoms. The molecule has 0 unspecified atom stereocenters. The lowest BCUT2D eigenvalue weighted by atomic mass is 10.3. The Morgan fingerprint density at radius 2 is 1.65 bits per heavy atom. The fourth-order valence-corrected chi connectivity index (χ4v) is 1.98. The van der Waals surface area contributed by atoms with E-state index in [1.165, 1.54) is 12.3 Å². The van der Waals surface area contributed by atoms with Crippen LogP contribution in [0.3, 0.4) is 0 Å². The largest absolute Gasteiger partial charge is 0.492 e. The number of hydrogen-bond donors (Lipinski definition) is 3. The Labute approximate surface area is 154 Å². The highest BCUT2D eigenvalue weighted by Gasteiger charge is 2.10. The third-order valence-corrected chi connectivity index (χ3v) is 3.36. The van der Waals surface area contributed by atoms with Crippen molar-refractivity contribution < 1.29 is 23.5 Å². The van der Waals surface area contributed by atoms with Crippen LogP contribution in [0.15, 0.2) is 47.1 Å². The zero-order chi connectivity index (χ0) is 18.8. The number of hydrogen-bond acceptors (Lipinski definition) is 5. The van der Waals surface area contributed by atoms with Crippen LogP contribution in [0.2, 0.25) is 5.02 Å². The molecule has 138 valence electrons. The fraction of sp³-hybridized carbons (Fsp3) is 0.235. The molecular formula is C17H18ClN3O5. The van der Waals surface area contributed by atoms with Crippen molar-refractivity contribution in [3.63, 3.8) is 0 Å². The van der Waals surface area contributed by atoms with Gasteiger partial charge in [0.05, 0.1) is 25.9 Å². The number of rotatable bonds is 9. The highest BCUT2D eigenvalue weighted by molar-refractivity contribution is 6.30. The second kappa shape index (κ2) is 10.1. The van der Waals surface area contributed by atoms with Gasteiger partial charge in [0, 0.05) is 5.02 Å². The lowest BCUT2D eigenvalue weighted by Gasteiger charge is -2.09. The molecule has 26 heavy (non-hydrogen) atoms. The van der Waals surface area contributed by atoms with Gasteiger partial charge in [-0.05, 0) is 36.4 Å². The summed E-state index contributed by atoms with van der Waals surface area (Å²) < 4.78 is 10.3. The van der Waals surface area contributed by atoms with Crippen LogP contribution in [0.4, 0.5) is 0 Å². The van der Waals surface area contributed by atoms with Gasteiger partial charge in [-0.1, -0.05) is 11.6 Å². The minimum Gasteiger partial charge on any atom is -0.492 e. The molecule has 3 amide bonds. The van der Waals surface area contributed by atoms with Gasteiger partial charge in [-0.3, -0.25) is 14.4 Å². The van der Waals surface area contributed by atoms with E-state index in [0.29, 0.717) is 10.8 Å². The average Bonchev–Trinajstić information content (AvgIpc) is 3.18. The summed E-state index contributed by atoms with van der Waals surface area (Å²) >= 11 is 5.77. The van der Waals surface area contributed by atoms with Crippen LogP contribution < -0.4 is 20.7 Å². The van der Waals surface area contributed by atoms with Crippen LogP contribution in [0.1, 0.15) is 10.6 Å². The van der Waals surface area contributed by atoms with Crippen molar-refractivity contribution in [1.82, 2.24) is 16.0 Å². The highest BCUT2D eigenvalue weighted by atomic mass is 35.5. The van der Waals surface area contributed by atoms with E-state index in [2.05, 4.69) is 16.0 Å². The van der Waals surface area contributed by atoms with Crippen molar-refractivity contribution in [2.24, 2.45) is 0 Å². The second-order valence-electron chi connectivity index (χ2n) is 5.09. The SMILES string of the molecule is O=C(CNC(=O)CNC(=O)c1ccco1)NCCOc1ccc(Cl)cc1. The first-order chi connectivity index (χ1) is 12.5. The maximum absolute atomic E-state index is 11.6. The van der Waals surface area contributed by atoms with Crippen LogP contribution >= 0.6 is 11.6 Å². The van der Waals surface area contributed by atoms with E-state index in [1.807, 2.05) is 0 Å². The molecule has 1 aromatic heterocycles. The third-order valence-electron chi connectivity index (χ3n) is 3.11. The van der Waals surface area contributed by atoms with Gasteiger partial charge in [0.2, 0.25) is 11.8 Å². The summed E-state index contributed by atoms with van der Waals surface area (Å²) in [6, 6.07) is 9.90. The van der Waals surface area contributed by atoms with E-state index in [0.717, 1.165) is 0 Å². The van der Waals surface area contributed by atoms with E-state index in [-0.39, 0.29) is 37.9 Å². The number of nitrogens with one attached hydrogen (secondary N) is 3. The third kappa shape index (κ3) is 6.86. The molecule has 0 aliphatic rings. The Balaban J connectivity index is 1.54. The number of carbonyl (C=O) groups excluding carboxylic acids is 3. The van der Waals surface area contributed by atoms with E-state index in [1.54, 1.807) is 30.3 Å². The maximum atomic E-state index is 11.6. The molecule has 0 bridgehead atoms. The number of furan rings is 1. The zero-order valence-electron chi connectivity index (χ0n) is 13.8. The molecule has 0 saturated heterocycles. The Morgan fingerprint density at radius 3 is 2.35 bits per heavy atom. The number of benzene rings is 1. The molecule has 8 nitrogen and oxygen atoms in total. The van der Waals surface area contributed by atoms with Gasteiger partial charge in [0.15, 0.2) is 5.76 Å². The van der Waals surface area contributed by atoms with Crippen LogP contribution in [0, 0.1) is 0 Å².